The number of benzene rings is 1. The number of ether oxygens (including phenoxy) is 1. The fraction of sp³-hybridized carbons (Fsp3) is 0.286. The predicted octanol–water partition coefficient (Wildman–Crippen LogP) is 1.92. The molecule has 0 unspecified atom stereocenters. The van der Waals surface area contributed by atoms with E-state index in [0.717, 1.165) is 16.9 Å². The van der Waals surface area contributed by atoms with E-state index in [2.05, 4.69) is 15.2 Å². The first-order chi connectivity index (χ1) is 10.1. The average Bonchev–Trinajstić information content (AvgIpc) is 2.50. The van der Waals surface area contributed by atoms with Crippen molar-refractivity contribution in [3.05, 3.63) is 23.9 Å². The molecule has 1 aliphatic heterocycles. The smallest absolute Gasteiger partial charge is 0.264 e. The van der Waals surface area contributed by atoms with Gasteiger partial charge in [-0.05, 0) is 31.4 Å². The monoisotopic (exact) mass is 302 g/mol. The standard InChI is InChI=1S/C14H14N4O2S/c1-8-13(16-17-14(15-8)21-3)9-4-5-11-10(6-9)18(2)12(19)7-20-11/h4-6H,7H2,1-3H3. The van der Waals surface area contributed by atoms with Crippen LogP contribution < -0.4 is 9.64 Å². The summed E-state index contributed by atoms with van der Waals surface area (Å²) in [5.74, 6) is 0.624. The minimum atomic E-state index is -0.0710. The van der Waals surface area contributed by atoms with Gasteiger partial charge < -0.3 is 9.64 Å². The quantitative estimate of drug-likeness (QED) is 0.790. The second-order valence-electron chi connectivity index (χ2n) is 4.66. The Morgan fingerprint density at radius 2 is 2.14 bits per heavy atom. The lowest BCUT2D eigenvalue weighted by atomic mass is 10.1. The molecule has 2 aromatic rings. The molecule has 0 fully saturated rings. The van der Waals surface area contributed by atoms with Crippen LogP contribution in [0.2, 0.25) is 0 Å². The SMILES string of the molecule is CSc1nnc(-c2ccc3c(c2)N(C)C(=O)CO3)c(C)n1. The average molecular weight is 302 g/mol. The molecular formula is C14H14N4O2S. The molecular weight excluding hydrogens is 288 g/mol. The lowest BCUT2D eigenvalue weighted by Gasteiger charge is -2.26. The van der Waals surface area contributed by atoms with E-state index in [1.54, 1.807) is 11.9 Å². The van der Waals surface area contributed by atoms with Gasteiger partial charge in [0.15, 0.2) is 6.61 Å². The van der Waals surface area contributed by atoms with Crippen molar-refractivity contribution >= 4 is 23.4 Å². The molecule has 1 aliphatic rings. The number of thioether (sulfide) groups is 1. The molecule has 0 radical (unpaired) electrons. The van der Waals surface area contributed by atoms with Gasteiger partial charge in [-0.1, -0.05) is 11.8 Å². The fourth-order valence-electron chi connectivity index (χ4n) is 2.16. The van der Waals surface area contributed by atoms with Gasteiger partial charge in [0, 0.05) is 12.6 Å². The zero-order chi connectivity index (χ0) is 15.0. The topological polar surface area (TPSA) is 68.2 Å². The Balaban J connectivity index is 2.06. The van der Waals surface area contributed by atoms with Crippen molar-refractivity contribution in [2.24, 2.45) is 0 Å². The minimum Gasteiger partial charge on any atom is -0.482 e. The van der Waals surface area contributed by atoms with E-state index in [9.17, 15) is 4.79 Å². The van der Waals surface area contributed by atoms with Crippen LogP contribution in [0.15, 0.2) is 23.4 Å². The molecule has 0 N–H and O–H groups in total. The van der Waals surface area contributed by atoms with Crippen LogP contribution in [0.5, 0.6) is 5.75 Å². The molecule has 0 bridgehead atoms. The number of carbonyl (C=O) groups is 1. The summed E-state index contributed by atoms with van der Waals surface area (Å²) in [5, 5.41) is 8.95. The Hall–Kier alpha value is -2.15. The summed E-state index contributed by atoms with van der Waals surface area (Å²) in [7, 11) is 1.74. The maximum Gasteiger partial charge on any atom is 0.264 e. The van der Waals surface area contributed by atoms with Crippen molar-refractivity contribution in [1.29, 1.82) is 0 Å². The molecule has 2 heterocycles. The Morgan fingerprint density at radius 3 is 2.86 bits per heavy atom. The van der Waals surface area contributed by atoms with E-state index in [1.807, 2.05) is 31.4 Å². The Labute approximate surface area is 126 Å². The van der Waals surface area contributed by atoms with Crippen LogP contribution in [0.3, 0.4) is 0 Å². The molecule has 1 aromatic heterocycles. The number of anilines is 1. The molecule has 0 atom stereocenters. The third-order valence-electron chi connectivity index (χ3n) is 3.34. The highest BCUT2D eigenvalue weighted by molar-refractivity contribution is 7.98. The van der Waals surface area contributed by atoms with E-state index in [1.165, 1.54) is 11.8 Å². The number of fused-ring (bicyclic) bond motifs is 1. The molecule has 7 heteroatoms. The number of carbonyl (C=O) groups excluding carboxylic acids is 1. The van der Waals surface area contributed by atoms with Crippen LogP contribution in [-0.2, 0) is 4.79 Å². The number of aryl methyl sites for hydroxylation is 1. The molecule has 0 saturated carbocycles. The lowest BCUT2D eigenvalue weighted by molar-refractivity contribution is -0.120. The van der Waals surface area contributed by atoms with Gasteiger partial charge in [0.05, 0.1) is 11.4 Å². The highest BCUT2D eigenvalue weighted by atomic mass is 32.2. The number of hydrogen-bond acceptors (Lipinski definition) is 6. The highest BCUT2D eigenvalue weighted by Gasteiger charge is 2.23. The maximum absolute atomic E-state index is 11.7. The molecule has 1 aromatic carbocycles. The summed E-state index contributed by atoms with van der Waals surface area (Å²) in [6.07, 6.45) is 1.91. The molecule has 0 saturated heterocycles. The van der Waals surface area contributed by atoms with E-state index in [4.69, 9.17) is 4.74 Å². The van der Waals surface area contributed by atoms with Crippen LogP contribution in [0, 0.1) is 6.92 Å². The molecule has 0 spiro atoms. The molecule has 6 nitrogen and oxygen atoms in total. The second kappa shape index (κ2) is 5.33. The summed E-state index contributed by atoms with van der Waals surface area (Å²) >= 11 is 1.45. The Kier molecular flexibility index (Phi) is 3.50. The van der Waals surface area contributed by atoms with Gasteiger partial charge in [-0.3, -0.25) is 4.79 Å². The van der Waals surface area contributed by atoms with Gasteiger partial charge in [0.2, 0.25) is 5.16 Å². The van der Waals surface area contributed by atoms with Gasteiger partial charge in [-0.25, -0.2) is 4.98 Å². The summed E-state index contributed by atoms with van der Waals surface area (Å²) in [4.78, 5) is 17.7. The number of hydrogen-bond donors (Lipinski definition) is 0. The number of nitrogens with zero attached hydrogens (tertiary/aromatic N) is 4. The van der Waals surface area contributed by atoms with Crippen molar-refractivity contribution in [3.8, 4) is 17.0 Å². The van der Waals surface area contributed by atoms with Crippen LogP contribution in [0.25, 0.3) is 11.3 Å². The Morgan fingerprint density at radius 1 is 1.33 bits per heavy atom. The summed E-state index contributed by atoms with van der Waals surface area (Å²) in [6.45, 7) is 1.97. The first-order valence-electron chi connectivity index (χ1n) is 6.39. The zero-order valence-electron chi connectivity index (χ0n) is 12.0. The van der Waals surface area contributed by atoms with Gasteiger partial charge in [0.25, 0.3) is 5.91 Å². The van der Waals surface area contributed by atoms with E-state index in [0.29, 0.717) is 16.6 Å². The molecule has 3 rings (SSSR count). The van der Waals surface area contributed by atoms with Crippen molar-refractivity contribution < 1.29 is 9.53 Å². The van der Waals surface area contributed by atoms with E-state index < -0.39 is 0 Å². The van der Waals surface area contributed by atoms with Gasteiger partial charge in [-0.15, -0.1) is 10.2 Å². The third-order valence-corrected chi connectivity index (χ3v) is 3.88. The summed E-state index contributed by atoms with van der Waals surface area (Å²) in [6, 6.07) is 5.63. The third kappa shape index (κ3) is 2.44. The Bertz CT molecular complexity index is 720. The normalized spacial score (nSPS) is 13.9. The predicted molar refractivity (Wildman–Crippen MR) is 80.7 cm³/mol. The molecule has 1 amide bonds. The molecule has 21 heavy (non-hydrogen) atoms. The van der Waals surface area contributed by atoms with Gasteiger partial charge in [-0.2, -0.15) is 0 Å². The highest BCUT2D eigenvalue weighted by Crippen LogP contribution is 2.35. The van der Waals surface area contributed by atoms with E-state index >= 15 is 0 Å². The number of aromatic nitrogens is 3. The van der Waals surface area contributed by atoms with Crippen LogP contribution in [-0.4, -0.2) is 41.0 Å². The van der Waals surface area contributed by atoms with Gasteiger partial charge in [0.1, 0.15) is 11.4 Å². The maximum atomic E-state index is 11.7. The number of amides is 1. The first kappa shape index (κ1) is 13.8. The zero-order valence-corrected chi connectivity index (χ0v) is 12.8. The number of rotatable bonds is 2. The second-order valence-corrected chi connectivity index (χ2v) is 5.43. The number of likely N-dealkylation sites (N-methyl/N-ethyl adjacent to an activating group) is 1. The minimum absolute atomic E-state index is 0.0710. The van der Waals surface area contributed by atoms with E-state index in [-0.39, 0.29) is 12.5 Å². The first-order valence-corrected chi connectivity index (χ1v) is 7.61. The van der Waals surface area contributed by atoms with Crippen LogP contribution in [0.4, 0.5) is 5.69 Å². The molecule has 108 valence electrons. The van der Waals surface area contributed by atoms with Crippen molar-refractivity contribution in [1.82, 2.24) is 15.2 Å². The van der Waals surface area contributed by atoms with Crippen molar-refractivity contribution in [2.75, 3.05) is 24.8 Å². The van der Waals surface area contributed by atoms with Crippen LogP contribution >= 0.6 is 11.8 Å². The largest absolute Gasteiger partial charge is 0.482 e. The van der Waals surface area contributed by atoms with Crippen molar-refractivity contribution in [3.63, 3.8) is 0 Å². The van der Waals surface area contributed by atoms with Gasteiger partial charge >= 0.3 is 0 Å². The molecule has 0 aliphatic carbocycles. The fourth-order valence-corrected chi connectivity index (χ4v) is 2.51. The van der Waals surface area contributed by atoms with Crippen molar-refractivity contribution in [2.45, 2.75) is 12.1 Å². The van der Waals surface area contributed by atoms with Crippen LogP contribution in [0.1, 0.15) is 5.69 Å². The lowest BCUT2D eigenvalue weighted by Crippen LogP contribution is -2.35. The summed E-state index contributed by atoms with van der Waals surface area (Å²) < 4.78 is 5.42. The summed E-state index contributed by atoms with van der Waals surface area (Å²) in [5.41, 5.74) is 3.12.